The van der Waals surface area contributed by atoms with Gasteiger partial charge in [-0.15, -0.1) is 0 Å². The SMILES string of the molecule is COC(=O)c1ccc2c(c1)nc(NCCCc1ccccc1)n2CCC(C)C. The third-order valence-electron chi connectivity index (χ3n) is 4.87. The average molecular weight is 380 g/mol. The number of aryl methyl sites for hydroxylation is 2. The zero-order chi connectivity index (χ0) is 19.9. The molecule has 0 amide bonds. The number of aromatic nitrogens is 2. The molecule has 0 bridgehead atoms. The van der Waals surface area contributed by atoms with E-state index in [-0.39, 0.29) is 5.97 Å². The maximum atomic E-state index is 11.8. The van der Waals surface area contributed by atoms with Crippen molar-refractivity contribution >= 4 is 23.0 Å². The molecule has 0 aliphatic heterocycles. The molecule has 0 aliphatic carbocycles. The second-order valence-electron chi connectivity index (χ2n) is 7.48. The largest absolute Gasteiger partial charge is 0.465 e. The molecule has 0 fully saturated rings. The molecule has 5 heteroatoms. The predicted molar refractivity (Wildman–Crippen MR) is 114 cm³/mol. The van der Waals surface area contributed by atoms with Crippen LogP contribution in [-0.2, 0) is 17.7 Å². The monoisotopic (exact) mass is 379 g/mol. The van der Waals surface area contributed by atoms with Gasteiger partial charge in [-0.1, -0.05) is 44.2 Å². The highest BCUT2D eigenvalue weighted by Crippen LogP contribution is 2.23. The van der Waals surface area contributed by atoms with Crippen LogP contribution in [0.15, 0.2) is 48.5 Å². The first-order valence-corrected chi connectivity index (χ1v) is 9.95. The van der Waals surface area contributed by atoms with Gasteiger partial charge in [0.25, 0.3) is 0 Å². The Morgan fingerprint density at radius 1 is 1.18 bits per heavy atom. The van der Waals surface area contributed by atoms with Crippen LogP contribution in [0.5, 0.6) is 0 Å². The molecule has 148 valence electrons. The Bertz CT molecular complexity index is 916. The third-order valence-corrected chi connectivity index (χ3v) is 4.87. The Balaban J connectivity index is 1.76. The highest BCUT2D eigenvalue weighted by atomic mass is 16.5. The van der Waals surface area contributed by atoms with E-state index in [9.17, 15) is 4.79 Å². The Morgan fingerprint density at radius 3 is 2.68 bits per heavy atom. The summed E-state index contributed by atoms with van der Waals surface area (Å²) in [7, 11) is 1.40. The van der Waals surface area contributed by atoms with Crippen LogP contribution in [0.25, 0.3) is 11.0 Å². The number of imidazole rings is 1. The Labute approximate surface area is 166 Å². The number of carbonyl (C=O) groups excluding carboxylic acids is 1. The van der Waals surface area contributed by atoms with Gasteiger partial charge in [0, 0.05) is 13.1 Å². The number of fused-ring (bicyclic) bond motifs is 1. The molecule has 0 atom stereocenters. The summed E-state index contributed by atoms with van der Waals surface area (Å²) >= 11 is 0. The van der Waals surface area contributed by atoms with Crippen molar-refractivity contribution in [2.45, 2.75) is 39.7 Å². The van der Waals surface area contributed by atoms with Crippen molar-refractivity contribution in [2.24, 2.45) is 5.92 Å². The van der Waals surface area contributed by atoms with Crippen molar-refractivity contribution in [3.8, 4) is 0 Å². The van der Waals surface area contributed by atoms with E-state index < -0.39 is 0 Å². The van der Waals surface area contributed by atoms with Crippen LogP contribution in [0.3, 0.4) is 0 Å². The van der Waals surface area contributed by atoms with Gasteiger partial charge in [-0.05, 0) is 48.9 Å². The molecule has 0 spiro atoms. The minimum absolute atomic E-state index is 0.337. The van der Waals surface area contributed by atoms with Crippen molar-refractivity contribution in [2.75, 3.05) is 19.0 Å². The van der Waals surface area contributed by atoms with Crippen molar-refractivity contribution < 1.29 is 9.53 Å². The molecule has 3 aromatic rings. The molecule has 2 aromatic carbocycles. The molecule has 0 unspecified atom stereocenters. The van der Waals surface area contributed by atoms with Gasteiger partial charge in [-0.2, -0.15) is 0 Å². The molecule has 1 heterocycles. The smallest absolute Gasteiger partial charge is 0.337 e. The fourth-order valence-electron chi connectivity index (χ4n) is 3.26. The molecule has 5 nitrogen and oxygen atoms in total. The van der Waals surface area contributed by atoms with E-state index in [1.807, 2.05) is 18.2 Å². The molecular weight excluding hydrogens is 350 g/mol. The lowest BCUT2D eigenvalue weighted by molar-refractivity contribution is 0.0601. The van der Waals surface area contributed by atoms with Crippen molar-refractivity contribution in [1.29, 1.82) is 0 Å². The van der Waals surface area contributed by atoms with E-state index in [2.05, 4.69) is 48.0 Å². The number of nitrogens with one attached hydrogen (secondary N) is 1. The van der Waals surface area contributed by atoms with E-state index in [0.29, 0.717) is 11.5 Å². The second-order valence-corrected chi connectivity index (χ2v) is 7.48. The van der Waals surface area contributed by atoms with Gasteiger partial charge in [-0.3, -0.25) is 0 Å². The van der Waals surface area contributed by atoms with E-state index in [1.54, 1.807) is 6.07 Å². The minimum atomic E-state index is -0.337. The zero-order valence-electron chi connectivity index (χ0n) is 16.9. The first kappa shape index (κ1) is 19.9. The van der Waals surface area contributed by atoms with Gasteiger partial charge >= 0.3 is 5.97 Å². The maximum absolute atomic E-state index is 11.8. The van der Waals surface area contributed by atoms with Gasteiger partial charge in [0.1, 0.15) is 0 Å². The summed E-state index contributed by atoms with van der Waals surface area (Å²) in [6, 6.07) is 16.1. The number of anilines is 1. The number of hydrogen-bond acceptors (Lipinski definition) is 4. The average Bonchev–Trinajstić information content (AvgIpc) is 3.06. The molecule has 1 aromatic heterocycles. The van der Waals surface area contributed by atoms with Gasteiger partial charge in [0.05, 0.1) is 23.7 Å². The lowest BCUT2D eigenvalue weighted by atomic mass is 10.1. The summed E-state index contributed by atoms with van der Waals surface area (Å²) in [5.74, 6) is 1.14. The molecule has 0 saturated carbocycles. The van der Waals surface area contributed by atoms with Gasteiger partial charge in [0.2, 0.25) is 5.95 Å². The summed E-state index contributed by atoms with van der Waals surface area (Å²) in [5.41, 5.74) is 3.73. The van der Waals surface area contributed by atoms with Crippen molar-refractivity contribution in [1.82, 2.24) is 9.55 Å². The number of carbonyl (C=O) groups is 1. The molecule has 3 rings (SSSR count). The first-order valence-electron chi connectivity index (χ1n) is 9.95. The highest BCUT2D eigenvalue weighted by Gasteiger charge is 2.14. The number of hydrogen-bond donors (Lipinski definition) is 1. The number of ether oxygens (including phenoxy) is 1. The lowest BCUT2D eigenvalue weighted by Crippen LogP contribution is -2.11. The van der Waals surface area contributed by atoms with Crippen molar-refractivity contribution in [3.05, 3.63) is 59.7 Å². The van der Waals surface area contributed by atoms with E-state index in [0.717, 1.165) is 49.3 Å². The predicted octanol–water partition coefficient (Wildman–Crippen LogP) is 4.91. The number of methoxy groups -OCH3 is 1. The molecule has 0 radical (unpaired) electrons. The van der Waals surface area contributed by atoms with Crippen LogP contribution in [0.2, 0.25) is 0 Å². The molecule has 28 heavy (non-hydrogen) atoms. The van der Waals surface area contributed by atoms with Gasteiger partial charge < -0.3 is 14.6 Å². The Morgan fingerprint density at radius 2 is 1.96 bits per heavy atom. The fourth-order valence-corrected chi connectivity index (χ4v) is 3.26. The van der Waals surface area contributed by atoms with Crippen LogP contribution in [-0.4, -0.2) is 29.2 Å². The molecule has 0 saturated heterocycles. The second kappa shape index (κ2) is 9.40. The number of nitrogens with zero attached hydrogens (tertiary/aromatic N) is 2. The van der Waals surface area contributed by atoms with Gasteiger partial charge in [-0.25, -0.2) is 9.78 Å². The number of rotatable bonds is 9. The molecule has 1 N–H and O–H groups in total. The quantitative estimate of drug-likeness (QED) is 0.424. The zero-order valence-corrected chi connectivity index (χ0v) is 16.9. The summed E-state index contributed by atoms with van der Waals surface area (Å²) in [6.07, 6.45) is 3.14. The molecule has 0 aliphatic rings. The van der Waals surface area contributed by atoms with E-state index in [1.165, 1.54) is 12.7 Å². The fraction of sp³-hybridized carbons (Fsp3) is 0.391. The Hall–Kier alpha value is -2.82. The van der Waals surface area contributed by atoms with E-state index in [4.69, 9.17) is 9.72 Å². The van der Waals surface area contributed by atoms with Crippen molar-refractivity contribution in [3.63, 3.8) is 0 Å². The Kier molecular flexibility index (Phi) is 6.69. The number of benzene rings is 2. The summed E-state index contributed by atoms with van der Waals surface area (Å²) in [4.78, 5) is 16.6. The highest BCUT2D eigenvalue weighted by molar-refractivity contribution is 5.94. The normalized spacial score (nSPS) is 11.1. The van der Waals surface area contributed by atoms with E-state index >= 15 is 0 Å². The van der Waals surface area contributed by atoms with Crippen LogP contribution in [0, 0.1) is 5.92 Å². The first-order chi connectivity index (χ1) is 13.6. The lowest BCUT2D eigenvalue weighted by Gasteiger charge is -2.12. The third kappa shape index (κ3) is 4.91. The maximum Gasteiger partial charge on any atom is 0.337 e. The van der Waals surface area contributed by atoms with Gasteiger partial charge in [0.15, 0.2) is 0 Å². The summed E-state index contributed by atoms with van der Waals surface area (Å²) in [6.45, 7) is 6.19. The topological polar surface area (TPSA) is 56.1 Å². The minimum Gasteiger partial charge on any atom is -0.465 e. The summed E-state index contributed by atoms with van der Waals surface area (Å²) in [5, 5.41) is 3.50. The molecular formula is C23H29N3O2. The summed E-state index contributed by atoms with van der Waals surface area (Å²) < 4.78 is 7.05. The van der Waals surface area contributed by atoms with Crippen LogP contribution in [0.4, 0.5) is 5.95 Å². The van der Waals surface area contributed by atoms with Crippen LogP contribution < -0.4 is 5.32 Å². The standard InChI is InChI=1S/C23H29N3O2/c1-17(2)13-15-26-21-12-11-19(22(27)28-3)16-20(21)25-23(26)24-14-7-10-18-8-5-4-6-9-18/h4-6,8-9,11-12,16-17H,7,10,13-15H2,1-3H3,(H,24,25). The van der Waals surface area contributed by atoms with Crippen LogP contribution in [0.1, 0.15) is 42.6 Å². The van der Waals surface area contributed by atoms with Crippen LogP contribution >= 0.6 is 0 Å². The number of esters is 1.